The molecule has 12 heteroatoms. The highest BCUT2D eigenvalue weighted by Gasteiger charge is 2.34. The summed E-state index contributed by atoms with van der Waals surface area (Å²) < 4.78 is 57.0. The summed E-state index contributed by atoms with van der Waals surface area (Å²) in [6.45, 7) is 8.54. The van der Waals surface area contributed by atoms with E-state index in [2.05, 4.69) is 4.90 Å². The van der Waals surface area contributed by atoms with Gasteiger partial charge in [0.1, 0.15) is 17.4 Å². The van der Waals surface area contributed by atoms with E-state index in [1.165, 1.54) is 17.7 Å². The molecule has 9 nitrogen and oxygen atoms in total. The zero-order valence-corrected chi connectivity index (χ0v) is 25.7. The summed E-state index contributed by atoms with van der Waals surface area (Å²) in [7, 11) is 2.79. The fraction of sp³-hybridized carbons (Fsp3) is 0.469. The number of nitriles is 1. The second-order valence-corrected chi connectivity index (χ2v) is 11.9. The average Bonchev–Trinajstić information content (AvgIpc) is 3.42. The molecule has 0 N–H and O–H groups in total. The molecule has 1 aliphatic rings. The van der Waals surface area contributed by atoms with Gasteiger partial charge in [-0.1, -0.05) is 6.07 Å². The summed E-state index contributed by atoms with van der Waals surface area (Å²) >= 11 is 0. The van der Waals surface area contributed by atoms with Crippen molar-refractivity contribution in [1.29, 1.82) is 5.26 Å². The van der Waals surface area contributed by atoms with Crippen molar-refractivity contribution >= 4 is 23.0 Å². The molecule has 1 fully saturated rings. The Hall–Kier alpha value is -4.08. The van der Waals surface area contributed by atoms with E-state index >= 15 is 0 Å². The van der Waals surface area contributed by atoms with Crippen LogP contribution in [0.4, 0.5) is 18.0 Å². The second kappa shape index (κ2) is 12.9. The highest BCUT2D eigenvalue weighted by atomic mass is 19.4. The van der Waals surface area contributed by atoms with E-state index in [4.69, 9.17) is 14.2 Å². The molecule has 1 saturated heterocycles. The number of carbonyl (C=O) groups excluding carboxylic acids is 2. The number of carbonyl (C=O) groups is 2. The summed E-state index contributed by atoms with van der Waals surface area (Å²) in [5, 5.41) is 10.6. The Labute approximate surface area is 254 Å². The van der Waals surface area contributed by atoms with Gasteiger partial charge in [-0.15, -0.1) is 0 Å². The first-order chi connectivity index (χ1) is 20.7. The fourth-order valence-electron chi connectivity index (χ4n) is 5.59. The van der Waals surface area contributed by atoms with Crippen molar-refractivity contribution in [3.8, 4) is 11.8 Å². The van der Waals surface area contributed by atoms with Crippen molar-refractivity contribution in [2.75, 3.05) is 40.4 Å². The second-order valence-electron chi connectivity index (χ2n) is 11.9. The Bertz CT molecular complexity index is 1590. The number of alkyl halides is 3. The van der Waals surface area contributed by atoms with Crippen LogP contribution in [0.25, 0.3) is 10.9 Å². The standard InChI is InChI=1S/C32H37F3N4O5/c1-20-15-27(42-5)25(24-9-11-39(28(20)24)30(41)44-31(2,3)4)18-38-14-13-37(12-10-32(33,34)35)19-26(38)21-7-8-23(29(40)43-6)22(16-21)17-36/h7-9,11,15-16,26H,10,12-14,18-19H2,1-6H3/t26-/m1/s1. The Morgan fingerprint density at radius 1 is 1.09 bits per heavy atom. The number of piperazine rings is 1. The molecule has 0 unspecified atom stereocenters. The van der Waals surface area contributed by atoms with Crippen molar-refractivity contribution in [3.05, 3.63) is 64.3 Å². The van der Waals surface area contributed by atoms with Crippen molar-refractivity contribution in [3.63, 3.8) is 0 Å². The molecule has 0 spiro atoms. The van der Waals surface area contributed by atoms with Crippen LogP contribution in [0, 0.1) is 18.3 Å². The highest BCUT2D eigenvalue weighted by Crippen LogP contribution is 2.37. The SMILES string of the molecule is COC(=O)c1ccc([C@H]2CN(CCC(F)(F)F)CCN2Cc2c(OC)cc(C)c3c2ccn3C(=O)OC(C)(C)C)cc1C#N. The van der Waals surface area contributed by atoms with Crippen LogP contribution < -0.4 is 4.74 Å². The number of esters is 1. The number of hydrogen-bond donors (Lipinski definition) is 0. The lowest BCUT2D eigenvalue weighted by Crippen LogP contribution is -2.48. The average molecular weight is 615 g/mol. The molecular formula is C32H37F3N4O5. The maximum atomic E-state index is 13.1. The van der Waals surface area contributed by atoms with Crippen molar-refractivity contribution in [2.24, 2.45) is 0 Å². The fourth-order valence-corrected chi connectivity index (χ4v) is 5.59. The number of ether oxygens (including phenoxy) is 3. The lowest BCUT2D eigenvalue weighted by Gasteiger charge is -2.42. The van der Waals surface area contributed by atoms with Gasteiger partial charge in [0.15, 0.2) is 0 Å². The number of benzene rings is 2. The van der Waals surface area contributed by atoms with E-state index in [0.29, 0.717) is 36.5 Å². The summed E-state index contributed by atoms with van der Waals surface area (Å²) in [6.07, 6.45) is -4.08. The minimum absolute atomic E-state index is 0.112. The first-order valence-electron chi connectivity index (χ1n) is 14.2. The van der Waals surface area contributed by atoms with Crippen LogP contribution >= 0.6 is 0 Å². The van der Waals surface area contributed by atoms with Crippen LogP contribution in [-0.2, 0) is 16.0 Å². The van der Waals surface area contributed by atoms with E-state index in [-0.39, 0.29) is 24.2 Å². The summed E-state index contributed by atoms with van der Waals surface area (Å²) in [5.74, 6) is -0.0457. The van der Waals surface area contributed by atoms with Gasteiger partial charge in [-0.3, -0.25) is 14.4 Å². The third-order valence-corrected chi connectivity index (χ3v) is 7.64. The normalized spacial score (nSPS) is 16.5. The maximum absolute atomic E-state index is 13.1. The maximum Gasteiger partial charge on any atom is 0.419 e. The van der Waals surface area contributed by atoms with Crippen LogP contribution in [0.1, 0.15) is 65.8 Å². The van der Waals surface area contributed by atoms with E-state index in [9.17, 15) is 28.0 Å². The van der Waals surface area contributed by atoms with Gasteiger partial charge in [0, 0.05) is 55.9 Å². The molecule has 236 valence electrons. The van der Waals surface area contributed by atoms with Gasteiger partial charge in [0.25, 0.3) is 0 Å². The van der Waals surface area contributed by atoms with E-state index in [1.54, 1.807) is 51.1 Å². The molecule has 1 atom stereocenters. The molecule has 2 aromatic carbocycles. The van der Waals surface area contributed by atoms with E-state index in [0.717, 1.165) is 16.5 Å². The molecular weight excluding hydrogens is 577 g/mol. The predicted molar refractivity (Wildman–Crippen MR) is 158 cm³/mol. The monoisotopic (exact) mass is 614 g/mol. The summed E-state index contributed by atoms with van der Waals surface area (Å²) in [5.41, 5.74) is 2.50. The Morgan fingerprint density at radius 3 is 2.43 bits per heavy atom. The summed E-state index contributed by atoms with van der Waals surface area (Å²) in [6, 6.07) is 10.1. The largest absolute Gasteiger partial charge is 0.496 e. The van der Waals surface area contributed by atoms with Crippen molar-refractivity contribution in [2.45, 2.75) is 58.5 Å². The van der Waals surface area contributed by atoms with Gasteiger partial charge in [-0.2, -0.15) is 18.4 Å². The molecule has 0 saturated carbocycles. The molecule has 2 heterocycles. The van der Waals surface area contributed by atoms with Crippen molar-refractivity contribution in [1.82, 2.24) is 14.4 Å². The molecule has 0 bridgehead atoms. The van der Waals surface area contributed by atoms with E-state index < -0.39 is 36.3 Å². The molecule has 1 aliphatic heterocycles. The number of aryl methyl sites for hydroxylation is 1. The van der Waals surface area contributed by atoms with Gasteiger partial charge in [0.05, 0.1) is 37.3 Å². The minimum atomic E-state index is -4.29. The number of rotatable bonds is 7. The third-order valence-electron chi connectivity index (χ3n) is 7.64. The number of methoxy groups -OCH3 is 2. The topological polar surface area (TPSA) is 97.0 Å². The Balaban J connectivity index is 1.76. The van der Waals surface area contributed by atoms with Crippen LogP contribution in [0.5, 0.6) is 5.75 Å². The summed E-state index contributed by atoms with van der Waals surface area (Å²) in [4.78, 5) is 29.2. The Morgan fingerprint density at radius 2 is 1.82 bits per heavy atom. The van der Waals surface area contributed by atoms with E-state index in [1.807, 2.05) is 25.1 Å². The van der Waals surface area contributed by atoms with Gasteiger partial charge < -0.3 is 14.2 Å². The number of hydrogen-bond acceptors (Lipinski definition) is 8. The van der Waals surface area contributed by atoms with Gasteiger partial charge in [-0.05, 0) is 63.1 Å². The van der Waals surface area contributed by atoms with Crippen LogP contribution in [0.2, 0.25) is 0 Å². The molecule has 3 aromatic rings. The number of aromatic nitrogens is 1. The molecule has 44 heavy (non-hydrogen) atoms. The van der Waals surface area contributed by atoms with Crippen LogP contribution in [0.3, 0.4) is 0 Å². The number of fused-ring (bicyclic) bond motifs is 1. The Kier molecular flexibility index (Phi) is 9.61. The first-order valence-corrected chi connectivity index (χ1v) is 14.2. The van der Waals surface area contributed by atoms with Crippen LogP contribution in [0.15, 0.2) is 36.5 Å². The molecule has 0 radical (unpaired) electrons. The van der Waals surface area contributed by atoms with Gasteiger partial charge in [-0.25, -0.2) is 9.59 Å². The molecule has 1 aromatic heterocycles. The number of nitrogens with zero attached hydrogens (tertiary/aromatic N) is 4. The minimum Gasteiger partial charge on any atom is -0.496 e. The molecule has 4 rings (SSSR count). The van der Waals surface area contributed by atoms with Crippen molar-refractivity contribution < 1.29 is 37.0 Å². The lowest BCUT2D eigenvalue weighted by atomic mass is 9.96. The zero-order valence-electron chi connectivity index (χ0n) is 25.7. The lowest BCUT2D eigenvalue weighted by molar-refractivity contribution is -0.139. The molecule has 0 aliphatic carbocycles. The third kappa shape index (κ3) is 7.34. The van der Waals surface area contributed by atoms with Crippen LogP contribution in [-0.4, -0.2) is 78.6 Å². The first kappa shape index (κ1) is 32.8. The molecule has 0 amide bonds. The smallest absolute Gasteiger partial charge is 0.419 e. The predicted octanol–water partition coefficient (Wildman–Crippen LogP) is 6.21. The highest BCUT2D eigenvalue weighted by molar-refractivity contribution is 5.95. The zero-order chi connectivity index (χ0) is 32.4. The van der Waals surface area contributed by atoms with Gasteiger partial charge >= 0.3 is 18.2 Å². The number of halogens is 3. The quantitative estimate of drug-likeness (QED) is 0.290. The van der Waals surface area contributed by atoms with Gasteiger partial charge in [0.2, 0.25) is 0 Å².